The van der Waals surface area contributed by atoms with Crippen LogP contribution in [0, 0.1) is 0 Å². The Hall–Kier alpha value is -1.77. The molecule has 0 radical (unpaired) electrons. The smallest absolute Gasteiger partial charge is 0.496 e. The molecule has 0 spiro atoms. The maximum Gasteiger partial charge on any atom is 0.516 e. The van der Waals surface area contributed by atoms with E-state index in [2.05, 4.69) is 0 Å². The van der Waals surface area contributed by atoms with Gasteiger partial charge in [-0.2, -0.15) is 21.6 Å². The van der Waals surface area contributed by atoms with Gasteiger partial charge >= 0.3 is 15.5 Å². The Kier molecular flexibility index (Phi) is 4.09. The molecule has 0 unspecified atom stereocenters. The number of carbonyl (C=O) groups is 1. The van der Waals surface area contributed by atoms with Crippen molar-refractivity contribution in [1.82, 2.24) is 0 Å². The molecule has 0 atom stereocenters. The van der Waals surface area contributed by atoms with Crippen LogP contribution in [0.4, 0.5) is 18.9 Å². The zero-order valence-electron chi connectivity index (χ0n) is 9.93. The summed E-state index contributed by atoms with van der Waals surface area (Å²) in [6.07, 6.45) is 0.358. The number of anilines is 1. The van der Waals surface area contributed by atoms with Crippen LogP contribution in [0.3, 0.4) is 0 Å². The molecule has 0 saturated heterocycles. The second-order valence-corrected chi connectivity index (χ2v) is 5.42. The minimum atomic E-state index is -5.50. The average Bonchev–Trinajstić information content (AvgIpc) is 2.35. The molecule has 0 aromatic heterocycles. The summed E-state index contributed by atoms with van der Waals surface area (Å²) in [6, 6.07) is 3.31. The van der Waals surface area contributed by atoms with Crippen molar-refractivity contribution in [1.29, 1.82) is 0 Å². The first-order valence-electron chi connectivity index (χ1n) is 4.83. The van der Waals surface area contributed by atoms with Gasteiger partial charge in [0, 0.05) is 7.05 Å². The molecule has 19 heavy (non-hydrogen) atoms. The number of ether oxygens (including phenoxy) is 1. The van der Waals surface area contributed by atoms with Crippen molar-refractivity contribution >= 4 is 22.0 Å². The fourth-order valence-corrected chi connectivity index (χ4v) is 2.01. The van der Waals surface area contributed by atoms with E-state index in [0.29, 0.717) is 6.29 Å². The molecule has 5 nitrogen and oxygen atoms in total. The summed E-state index contributed by atoms with van der Waals surface area (Å²) in [7, 11) is -3.47. The van der Waals surface area contributed by atoms with E-state index in [1.54, 1.807) is 0 Å². The first kappa shape index (κ1) is 15.3. The predicted molar refractivity (Wildman–Crippen MR) is 61.8 cm³/mol. The van der Waals surface area contributed by atoms with E-state index in [1.807, 2.05) is 0 Å². The largest absolute Gasteiger partial charge is 0.516 e. The normalized spacial score (nSPS) is 12.1. The Bertz CT molecular complexity index is 583. The molecule has 0 heterocycles. The number of aldehydes is 1. The van der Waals surface area contributed by atoms with Gasteiger partial charge in [0.1, 0.15) is 5.75 Å². The van der Waals surface area contributed by atoms with Crippen molar-refractivity contribution in [3.63, 3.8) is 0 Å². The number of sulfonamides is 1. The van der Waals surface area contributed by atoms with Crippen molar-refractivity contribution in [2.24, 2.45) is 0 Å². The van der Waals surface area contributed by atoms with Gasteiger partial charge in [-0.1, -0.05) is 0 Å². The molecule has 0 N–H and O–H groups in total. The zero-order chi connectivity index (χ0) is 14.8. The summed E-state index contributed by atoms with van der Waals surface area (Å²) in [5, 5.41) is 0. The van der Waals surface area contributed by atoms with Crippen molar-refractivity contribution < 1.29 is 31.1 Å². The first-order chi connectivity index (χ1) is 8.65. The number of methoxy groups -OCH3 is 1. The van der Waals surface area contributed by atoms with E-state index < -0.39 is 15.5 Å². The highest BCUT2D eigenvalue weighted by atomic mass is 32.2. The van der Waals surface area contributed by atoms with Crippen LogP contribution in [0.15, 0.2) is 18.2 Å². The fourth-order valence-electron chi connectivity index (χ4n) is 1.30. The van der Waals surface area contributed by atoms with Crippen LogP contribution in [0.1, 0.15) is 10.4 Å². The molecule has 0 fully saturated rings. The SMILES string of the molecule is COc1ccc(N(C)S(=O)(=O)C(F)(F)F)cc1C=O. The van der Waals surface area contributed by atoms with Crippen LogP contribution in [-0.4, -0.2) is 34.4 Å². The number of hydrogen-bond acceptors (Lipinski definition) is 4. The van der Waals surface area contributed by atoms with Crippen molar-refractivity contribution in [3.8, 4) is 5.75 Å². The lowest BCUT2D eigenvalue weighted by molar-refractivity contribution is -0.0437. The van der Waals surface area contributed by atoms with Crippen molar-refractivity contribution in [2.75, 3.05) is 18.5 Å². The lowest BCUT2D eigenvalue weighted by Crippen LogP contribution is -2.38. The van der Waals surface area contributed by atoms with Gasteiger partial charge in [0.05, 0.1) is 18.4 Å². The van der Waals surface area contributed by atoms with Crippen LogP contribution in [0.25, 0.3) is 0 Å². The quantitative estimate of drug-likeness (QED) is 0.795. The first-order valence-corrected chi connectivity index (χ1v) is 6.27. The summed E-state index contributed by atoms with van der Waals surface area (Å²) in [5.74, 6) is 0.136. The van der Waals surface area contributed by atoms with Gasteiger partial charge in [-0.25, -0.2) is 0 Å². The summed E-state index contributed by atoms with van der Waals surface area (Å²) in [5.41, 5.74) is -5.76. The van der Waals surface area contributed by atoms with E-state index >= 15 is 0 Å². The number of rotatable bonds is 4. The van der Waals surface area contributed by atoms with E-state index in [9.17, 15) is 26.4 Å². The van der Waals surface area contributed by atoms with Crippen molar-refractivity contribution in [2.45, 2.75) is 5.51 Å². The lowest BCUT2D eigenvalue weighted by Gasteiger charge is -2.21. The Morgan fingerprint density at radius 2 is 1.89 bits per heavy atom. The van der Waals surface area contributed by atoms with Crippen LogP contribution in [-0.2, 0) is 10.0 Å². The third-order valence-corrected chi connectivity index (χ3v) is 3.87. The highest BCUT2D eigenvalue weighted by Crippen LogP contribution is 2.31. The molecule has 1 aromatic rings. The Morgan fingerprint density at radius 3 is 2.32 bits per heavy atom. The topological polar surface area (TPSA) is 63.7 Å². The summed E-state index contributed by atoms with van der Waals surface area (Å²) < 4.78 is 64.4. The standard InChI is InChI=1S/C10H10F3NO4S/c1-14(19(16,17)10(11,12)13)8-3-4-9(18-2)7(5-8)6-15/h3-6H,1-2H3. The summed E-state index contributed by atoms with van der Waals surface area (Å²) in [4.78, 5) is 10.7. The van der Waals surface area contributed by atoms with E-state index in [4.69, 9.17) is 4.74 Å². The summed E-state index contributed by atoms with van der Waals surface area (Å²) in [6.45, 7) is 0. The molecule has 0 aliphatic heterocycles. The van der Waals surface area contributed by atoms with Crippen LogP contribution >= 0.6 is 0 Å². The van der Waals surface area contributed by atoms with Gasteiger partial charge < -0.3 is 4.74 Å². The maximum atomic E-state index is 12.4. The van der Waals surface area contributed by atoms with Crippen molar-refractivity contribution in [3.05, 3.63) is 23.8 Å². The number of alkyl halides is 3. The van der Waals surface area contributed by atoms with Gasteiger partial charge in [-0.15, -0.1) is 0 Å². The summed E-state index contributed by atoms with van der Waals surface area (Å²) >= 11 is 0. The third-order valence-electron chi connectivity index (χ3n) is 2.36. The molecule has 0 bridgehead atoms. The molecule has 106 valence electrons. The van der Waals surface area contributed by atoms with E-state index in [-0.39, 0.29) is 21.3 Å². The molecule has 0 amide bonds. The van der Waals surface area contributed by atoms with Crippen LogP contribution in [0.2, 0.25) is 0 Å². The zero-order valence-corrected chi connectivity index (χ0v) is 10.7. The van der Waals surface area contributed by atoms with Gasteiger partial charge in [0.15, 0.2) is 6.29 Å². The number of nitrogens with zero attached hydrogens (tertiary/aromatic N) is 1. The fraction of sp³-hybridized carbons (Fsp3) is 0.300. The highest BCUT2D eigenvalue weighted by molar-refractivity contribution is 7.93. The van der Waals surface area contributed by atoms with Crippen LogP contribution in [0.5, 0.6) is 5.75 Å². The molecular weight excluding hydrogens is 287 g/mol. The third kappa shape index (κ3) is 2.80. The molecular formula is C10H10F3NO4S. The number of halogens is 3. The Morgan fingerprint density at radius 1 is 1.32 bits per heavy atom. The number of hydrogen-bond donors (Lipinski definition) is 0. The minimum Gasteiger partial charge on any atom is -0.496 e. The highest BCUT2D eigenvalue weighted by Gasteiger charge is 2.49. The monoisotopic (exact) mass is 297 g/mol. The predicted octanol–water partition coefficient (Wildman–Crippen LogP) is 1.79. The number of benzene rings is 1. The molecule has 0 aliphatic carbocycles. The molecule has 0 aliphatic rings. The Labute approximate surface area is 107 Å². The van der Waals surface area contributed by atoms with Gasteiger partial charge in [0.2, 0.25) is 0 Å². The molecule has 9 heteroatoms. The molecule has 0 saturated carbocycles. The van der Waals surface area contributed by atoms with E-state index in [0.717, 1.165) is 19.2 Å². The van der Waals surface area contributed by atoms with Gasteiger partial charge in [-0.05, 0) is 18.2 Å². The van der Waals surface area contributed by atoms with Gasteiger partial charge in [0.25, 0.3) is 0 Å². The minimum absolute atomic E-state index is 0.0516. The van der Waals surface area contributed by atoms with Crippen LogP contribution < -0.4 is 9.04 Å². The number of carbonyl (C=O) groups excluding carboxylic acids is 1. The maximum absolute atomic E-state index is 12.4. The molecule has 1 rings (SSSR count). The van der Waals surface area contributed by atoms with E-state index in [1.165, 1.54) is 13.2 Å². The Balaban J connectivity index is 3.29. The second-order valence-electron chi connectivity index (χ2n) is 3.46. The molecule has 1 aromatic carbocycles. The average molecular weight is 297 g/mol. The van der Waals surface area contributed by atoms with Gasteiger partial charge in [-0.3, -0.25) is 9.10 Å². The second kappa shape index (κ2) is 5.08. The lowest BCUT2D eigenvalue weighted by atomic mass is 10.2.